The van der Waals surface area contributed by atoms with Gasteiger partial charge in [0, 0.05) is 18.2 Å². The first kappa shape index (κ1) is 18.0. The Kier molecular flexibility index (Phi) is 4.89. The fourth-order valence-corrected chi connectivity index (χ4v) is 4.88. The van der Waals surface area contributed by atoms with Gasteiger partial charge in [0.15, 0.2) is 0 Å². The molecule has 144 valence electrons. The summed E-state index contributed by atoms with van der Waals surface area (Å²) in [5.41, 5.74) is 1.54. The Morgan fingerprint density at radius 3 is 2.56 bits per heavy atom. The van der Waals surface area contributed by atoms with Gasteiger partial charge in [-0.05, 0) is 48.8 Å². The van der Waals surface area contributed by atoms with Crippen molar-refractivity contribution in [3.05, 3.63) is 35.4 Å². The number of likely N-dealkylation sites (tertiary alicyclic amines) is 1. The number of benzene rings is 1. The molecule has 1 N–H and O–H groups in total. The summed E-state index contributed by atoms with van der Waals surface area (Å²) >= 11 is 0. The van der Waals surface area contributed by atoms with Crippen LogP contribution in [0, 0.1) is 11.8 Å². The Balaban J connectivity index is 1.46. The zero-order valence-electron chi connectivity index (χ0n) is 15.8. The minimum atomic E-state index is -0.356. The van der Waals surface area contributed by atoms with Crippen LogP contribution in [-0.2, 0) is 11.3 Å². The molecule has 3 aliphatic rings. The Hall–Kier alpha value is -2.37. The van der Waals surface area contributed by atoms with E-state index in [0.29, 0.717) is 23.4 Å². The lowest BCUT2D eigenvalue weighted by molar-refractivity contribution is -0.125. The predicted octanol–water partition coefficient (Wildman–Crippen LogP) is 2.78. The second-order valence-corrected chi connectivity index (χ2v) is 8.12. The van der Waals surface area contributed by atoms with Crippen LogP contribution in [0.15, 0.2) is 24.3 Å². The van der Waals surface area contributed by atoms with Crippen LogP contribution in [0.1, 0.15) is 54.9 Å². The van der Waals surface area contributed by atoms with Crippen molar-refractivity contribution in [2.45, 2.75) is 51.6 Å². The Bertz CT molecular complexity index is 730. The Labute approximate surface area is 159 Å². The first-order valence-electron chi connectivity index (χ1n) is 10.0. The van der Waals surface area contributed by atoms with Crippen molar-refractivity contribution in [1.82, 2.24) is 15.1 Å². The van der Waals surface area contributed by atoms with E-state index in [1.807, 2.05) is 24.3 Å². The average molecular weight is 369 g/mol. The van der Waals surface area contributed by atoms with Gasteiger partial charge in [0.2, 0.25) is 5.91 Å². The normalized spacial score (nSPS) is 28.1. The molecule has 0 radical (unpaired) electrons. The first-order valence-corrected chi connectivity index (χ1v) is 10.0. The highest BCUT2D eigenvalue weighted by Crippen LogP contribution is 2.39. The molecule has 0 spiro atoms. The molecule has 2 heterocycles. The number of hydrogen-bond acceptors (Lipinski definition) is 3. The van der Waals surface area contributed by atoms with E-state index in [1.54, 1.807) is 0 Å². The molecule has 4 rings (SSSR count). The van der Waals surface area contributed by atoms with Gasteiger partial charge < -0.3 is 10.2 Å². The van der Waals surface area contributed by atoms with Gasteiger partial charge in [0.05, 0.1) is 13.1 Å². The molecule has 0 aromatic heterocycles. The van der Waals surface area contributed by atoms with Crippen LogP contribution in [0.3, 0.4) is 0 Å². The van der Waals surface area contributed by atoms with Crippen LogP contribution in [-0.4, -0.2) is 46.8 Å². The molecular weight excluding hydrogens is 342 g/mol. The number of carbonyl (C=O) groups is 3. The largest absolute Gasteiger partial charge is 0.335 e. The van der Waals surface area contributed by atoms with Crippen molar-refractivity contribution >= 4 is 17.8 Å². The van der Waals surface area contributed by atoms with Crippen LogP contribution in [0.2, 0.25) is 0 Å². The van der Waals surface area contributed by atoms with Crippen molar-refractivity contribution < 1.29 is 14.4 Å². The molecule has 2 aliphatic heterocycles. The summed E-state index contributed by atoms with van der Waals surface area (Å²) < 4.78 is 0. The lowest BCUT2D eigenvalue weighted by Gasteiger charge is -2.47. The van der Waals surface area contributed by atoms with Gasteiger partial charge in [0.1, 0.15) is 0 Å². The van der Waals surface area contributed by atoms with Crippen molar-refractivity contribution in [3.8, 4) is 0 Å². The molecule has 2 saturated heterocycles. The molecule has 6 nitrogen and oxygen atoms in total. The third-order valence-corrected chi connectivity index (χ3v) is 6.48. The van der Waals surface area contributed by atoms with Crippen molar-refractivity contribution in [3.63, 3.8) is 0 Å². The number of nitrogens with one attached hydrogen (secondary N) is 1. The van der Waals surface area contributed by atoms with Gasteiger partial charge in [-0.25, -0.2) is 4.79 Å². The summed E-state index contributed by atoms with van der Waals surface area (Å²) in [6, 6.07) is 7.36. The highest BCUT2D eigenvalue weighted by molar-refractivity contribution is 6.01. The summed E-state index contributed by atoms with van der Waals surface area (Å²) in [5.74, 6) is 1.23. The number of carbonyl (C=O) groups excluding carboxylic acids is 3. The van der Waals surface area contributed by atoms with E-state index >= 15 is 0 Å². The predicted molar refractivity (Wildman–Crippen MR) is 101 cm³/mol. The van der Waals surface area contributed by atoms with E-state index in [4.69, 9.17) is 0 Å². The highest BCUT2D eigenvalue weighted by atomic mass is 16.2. The second-order valence-electron chi connectivity index (χ2n) is 8.12. The quantitative estimate of drug-likeness (QED) is 0.833. The van der Waals surface area contributed by atoms with Crippen molar-refractivity contribution in [2.24, 2.45) is 11.8 Å². The molecule has 4 amide bonds. The number of piperidine rings is 1. The smallest absolute Gasteiger partial charge is 0.324 e. The lowest BCUT2D eigenvalue weighted by atomic mass is 9.72. The van der Waals surface area contributed by atoms with E-state index in [-0.39, 0.29) is 30.9 Å². The first-order chi connectivity index (χ1) is 13.0. The minimum absolute atomic E-state index is 0.0609. The number of hydrogen-bond donors (Lipinski definition) is 1. The SMILES string of the molecule is C[C@@H]1CCN(C(=O)c2ccc(CN3C(=O)CNC3=O)cc2)[C@@H]2CCCC[C@H]12. The number of amides is 4. The summed E-state index contributed by atoms with van der Waals surface area (Å²) in [6.45, 7) is 3.47. The zero-order chi connectivity index (χ0) is 19.0. The summed E-state index contributed by atoms with van der Waals surface area (Å²) in [7, 11) is 0. The zero-order valence-corrected chi connectivity index (χ0v) is 15.8. The number of fused-ring (bicyclic) bond motifs is 1. The molecule has 1 saturated carbocycles. The van der Waals surface area contributed by atoms with Crippen LogP contribution in [0.25, 0.3) is 0 Å². The topological polar surface area (TPSA) is 69.7 Å². The molecule has 1 aromatic carbocycles. The van der Waals surface area contributed by atoms with E-state index in [9.17, 15) is 14.4 Å². The number of nitrogens with zero attached hydrogens (tertiary/aromatic N) is 2. The van der Waals surface area contributed by atoms with Gasteiger partial charge in [-0.15, -0.1) is 0 Å². The number of imide groups is 1. The molecule has 3 atom stereocenters. The minimum Gasteiger partial charge on any atom is -0.335 e. The second kappa shape index (κ2) is 7.33. The standard InChI is InChI=1S/C21H27N3O3/c1-14-10-11-23(18-5-3-2-4-17(14)18)20(26)16-8-6-15(7-9-16)13-24-19(25)12-22-21(24)27/h6-9,14,17-18H,2-5,10-13H2,1H3,(H,22,27)/t14-,17-,18-/m1/s1. The molecule has 0 unspecified atom stereocenters. The number of urea groups is 1. The third-order valence-electron chi connectivity index (χ3n) is 6.48. The fourth-order valence-electron chi connectivity index (χ4n) is 4.88. The lowest BCUT2D eigenvalue weighted by Crippen LogP contribution is -2.52. The maximum Gasteiger partial charge on any atom is 0.324 e. The van der Waals surface area contributed by atoms with Gasteiger partial charge in [0.25, 0.3) is 5.91 Å². The molecule has 1 aliphatic carbocycles. The molecule has 3 fully saturated rings. The fraction of sp³-hybridized carbons (Fsp3) is 0.571. The monoisotopic (exact) mass is 369 g/mol. The maximum absolute atomic E-state index is 13.1. The third kappa shape index (κ3) is 3.45. The van der Waals surface area contributed by atoms with E-state index in [2.05, 4.69) is 17.1 Å². The Morgan fingerprint density at radius 2 is 1.85 bits per heavy atom. The van der Waals surface area contributed by atoms with Gasteiger partial charge in [-0.1, -0.05) is 31.9 Å². The summed E-state index contributed by atoms with van der Waals surface area (Å²) in [4.78, 5) is 39.8. The van der Waals surface area contributed by atoms with E-state index in [1.165, 1.54) is 24.2 Å². The summed E-state index contributed by atoms with van der Waals surface area (Å²) in [5, 5.41) is 2.52. The summed E-state index contributed by atoms with van der Waals surface area (Å²) in [6.07, 6.45) is 5.93. The van der Waals surface area contributed by atoms with Gasteiger partial charge in [-0.2, -0.15) is 0 Å². The highest BCUT2D eigenvalue weighted by Gasteiger charge is 2.39. The van der Waals surface area contributed by atoms with Crippen LogP contribution in [0.4, 0.5) is 4.79 Å². The Morgan fingerprint density at radius 1 is 1.11 bits per heavy atom. The van der Waals surface area contributed by atoms with Crippen LogP contribution < -0.4 is 5.32 Å². The molecular formula is C21H27N3O3. The van der Waals surface area contributed by atoms with Crippen LogP contribution in [0.5, 0.6) is 0 Å². The van der Waals surface area contributed by atoms with E-state index < -0.39 is 0 Å². The molecule has 27 heavy (non-hydrogen) atoms. The molecule has 1 aromatic rings. The average Bonchev–Trinajstić information content (AvgIpc) is 3.01. The van der Waals surface area contributed by atoms with Gasteiger partial charge in [-0.3, -0.25) is 14.5 Å². The molecule has 0 bridgehead atoms. The van der Waals surface area contributed by atoms with Crippen molar-refractivity contribution in [2.75, 3.05) is 13.1 Å². The van der Waals surface area contributed by atoms with Gasteiger partial charge >= 0.3 is 6.03 Å². The molecule has 6 heteroatoms. The number of rotatable bonds is 3. The van der Waals surface area contributed by atoms with Crippen LogP contribution >= 0.6 is 0 Å². The van der Waals surface area contributed by atoms with E-state index in [0.717, 1.165) is 24.9 Å². The maximum atomic E-state index is 13.1. The van der Waals surface area contributed by atoms with Crippen molar-refractivity contribution in [1.29, 1.82) is 0 Å².